The van der Waals surface area contributed by atoms with Crippen molar-refractivity contribution in [2.45, 2.75) is 18.8 Å². The van der Waals surface area contributed by atoms with Gasteiger partial charge in [-0.1, -0.05) is 12.2 Å². The molecule has 0 bridgehead atoms. The van der Waals surface area contributed by atoms with Gasteiger partial charge < -0.3 is 0 Å². The van der Waals surface area contributed by atoms with E-state index in [9.17, 15) is 0 Å². The third kappa shape index (κ3) is 1.32. The first-order valence-electron chi connectivity index (χ1n) is 4.03. The largest absolute Gasteiger partial charge is 0.265 e. The van der Waals surface area contributed by atoms with Crippen LogP contribution in [0.5, 0.6) is 0 Å². The van der Waals surface area contributed by atoms with Crippen molar-refractivity contribution in [1.82, 2.24) is 4.98 Å². The molecule has 0 radical (unpaired) electrons. The van der Waals surface area contributed by atoms with Gasteiger partial charge in [0.1, 0.15) is 0 Å². The van der Waals surface area contributed by atoms with Gasteiger partial charge in [-0.15, -0.1) is 0 Å². The molecular weight excluding hydrogens is 134 g/mol. The van der Waals surface area contributed by atoms with Crippen LogP contribution < -0.4 is 0 Å². The minimum absolute atomic E-state index is 0.651. The van der Waals surface area contributed by atoms with Gasteiger partial charge in [0.25, 0.3) is 0 Å². The summed E-state index contributed by atoms with van der Waals surface area (Å²) in [6.45, 7) is 0. The van der Waals surface area contributed by atoms with Crippen LogP contribution in [0.2, 0.25) is 0 Å². The van der Waals surface area contributed by atoms with E-state index in [0.717, 1.165) is 0 Å². The molecule has 0 N–H and O–H groups in total. The molecule has 1 heteroatoms. The van der Waals surface area contributed by atoms with Crippen molar-refractivity contribution >= 4 is 0 Å². The Bertz CT molecular complexity index is 251. The van der Waals surface area contributed by atoms with Gasteiger partial charge in [-0.3, -0.25) is 4.98 Å². The highest BCUT2D eigenvalue weighted by atomic mass is 14.6. The molecule has 1 unspecified atom stereocenters. The molecule has 1 aliphatic rings. The highest BCUT2D eigenvalue weighted by Gasteiger charge is 2.10. The summed E-state index contributed by atoms with van der Waals surface area (Å²) in [5, 5.41) is 0. The summed E-state index contributed by atoms with van der Waals surface area (Å²) in [6.07, 6.45) is 10.8. The van der Waals surface area contributed by atoms with Crippen LogP contribution in [-0.4, -0.2) is 4.98 Å². The first-order valence-corrected chi connectivity index (χ1v) is 4.03. The van der Waals surface area contributed by atoms with Gasteiger partial charge in [0.2, 0.25) is 0 Å². The Labute approximate surface area is 66.8 Å². The van der Waals surface area contributed by atoms with Crippen molar-refractivity contribution < 1.29 is 0 Å². The maximum Gasteiger partial charge on any atom is 0.0270 e. The quantitative estimate of drug-likeness (QED) is 0.553. The molecule has 0 aromatic carbocycles. The van der Waals surface area contributed by atoms with E-state index in [-0.39, 0.29) is 0 Å². The summed E-state index contributed by atoms with van der Waals surface area (Å²) in [5.74, 6) is 0.651. The van der Waals surface area contributed by atoms with Crippen LogP contribution in [0.15, 0.2) is 36.7 Å². The topological polar surface area (TPSA) is 12.9 Å². The van der Waals surface area contributed by atoms with Crippen molar-refractivity contribution in [2.75, 3.05) is 0 Å². The lowest BCUT2D eigenvalue weighted by Crippen LogP contribution is -1.89. The van der Waals surface area contributed by atoms with Crippen LogP contribution in [0.3, 0.4) is 0 Å². The van der Waals surface area contributed by atoms with Crippen molar-refractivity contribution in [3.8, 4) is 0 Å². The SMILES string of the molecule is C1=CC(c2ccncc2)CC1. The Kier molecular flexibility index (Phi) is 1.72. The highest BCUT2D eigenvalue weighted by Crippen LogP contribution is 2.27. The number of rotatable bonds is 1. The number of hydrogen-bond donors (Lipinski definition) is 0. The Morgan fingerprint density at radius 2 is 2.09 bits per heavy atom. The summed E-state index contributed by atoms with van der Waals surface area (Å²) >= 11 is 0. The Hall–Kier alpha value is -1.11. The van der Waals surface area contributed by atoms with E-state index >= 15 is 0 Å². The van der Waals surface area contributed by atoms with E-state index in [1.54, 1.807) is 0 Å². The van der Waals surface area contributed by atoms with Gasteiger partial charge in [0, 0.05) is 18.3 Å². The van der Waals surface area contributed by atoms with Crippen LogP contribution in [0, 0.1) is 0 Å². The first kappa shape index (κ1) is 6.59. The maximum atomic E-state index is 3.99. The molecule has 0 fully saturated rings. The van der Waals surface area contributed by atoms with Crippen LogP contribution in [0.1, 0.15) is 24.3 Å². The zero-order valence-electron chi connectivity index (χ0n) is 6.40. The molecule has 1 heterocycles. The Morgan fingerprint density at radius 1 is 1.27 bits per heavy atom. The molecule has 0 saturated heterocycles. The van der Waals surface area contributed by atoms with Gasteiger partial charge in [0.05, 0.1) is 0 Å². The zero-order valence-corrected chi connectivity index (χ0v) is 6.40. The van der Waals surface area contributed by atoms with Crippen molar-refractivity contribution in [3.05, 3.63) is 42.2 Å². The molecule has 0 spiro atoms. The molecule has 0 saturated carbocycles. The molecule has 1 atom stereocenters. The second-order valence-corrected chi connectivity index (χ2v) is 2.89. The van der Waals surface area contributed by atoms with E-state index in [0.29, 0.717) is 5.92 Å². The summed E-state index contributed by atoms with van der Waals surface area (Å²) in [4.78, 5) is 3.99. The monoisotopic (exact) mass is 145 g/mol. The molecule has 1 aliphatic carbocycles. The van der Waals surface area contributed by atoms with Gasteiger partial charge >= 0.3 is 0 Å². The zero-order chi connectivity index (χ0) is 7.52. The Balaban J connectivity index is 2.23. The molecule has 56 valence electrons. The van der Waals surface area contributed by atoms with E-state index in [4.69, 9.17) is 0 Å². The number of aromatic nitrogens is 1. The summed E-state index contributed by atoms with van der Waals surface area (Å²) in [7, 11) is 0. The van der Waals surface area contributed by atoms with Crippen molar-refractivity contribution in [3.63, 3.8) is 0 Å². The average molecular weight is 145 g/mol. The third-order valence-electron chi connectivity index (χ3n) is 2.15. The minimum Gasteiger partial charge on any atom is -0.265 e. The second kappa shape index (κ2) is 2.87. The molecule has 1 nitrogen and oxygen atoms in total. The molecule has 0 amide bonds. The molecule has 2 rings (SSSR count). The predicted molar refractivity (Wildman–Crippen MR) is 45.4 cm³/mol. The van der Waals surface area contributed by atoms with E-state index in [1.807, 2.05) is 12.4 Å². The van der Waals surface area contributed by atoms with Crippen molar-refractivity contribution in [2.24, 2.45) is 0 Å². The third-order valence-corrected chi connectivity index (χ3v) is 2.15. The van der Waals surface area contributed by atoms with Crippen LogP contribution in [0.4, 0.5) is 0 Å². The van der Waals surface area contributed by atoms with Gasteiger partial charge in [-0.25, -0.2) is 0 Å². The first-order chi connectivity index (χ1) is 5.47. The standard InChI is InChI=1S/C10H11N/c1-2-4-9(3-1)10-5-7-11-8-6-10/h1,3,5-9H,2,4H2. The Morgan fingerprint density at radius 3 is 2.73 bits per heavy atom. The number of allylic oxidation sites excluding steroid dienone is 2. The lowest BCUT2D eigenvalue weighted by atomic mass is 10.0. The smallest absolute Gasteiger partial charge is 0.0270 e. The van der Waals surface area contributed by atoms with Crippen LogP contribution in [0.25, 0.3) is 0 Å². The van der Waals surface area contributed by atoms with E-state index in [2.05, 4.69) is 29.3 Å². The normalized spacial score (nSPS) is 22.4. The van der Waals surface area contributed by atoms with Crippen LogP contribution >= 0.6 is 0 Å². The number of hydrogen-bond acceptors (Lipinski definition) is 1. The lowest BCUT2D eigenvalue weighted by molar-refractivity contribution is 0.799. The van der Waals surface area contributed by atoms with Gasteiger partial charge in [0.15, 0.2) is 0 Å². The lowest BCUT2D eigenvalue weighted by Gasteiger charge is -2.05. The number of nitrogens with zero attached hydrogens (tertiary/aromatic N) is 1. The summed E-state index contributed by atoms with van der Waals surface area (Å²) in [6, 6.07) is 4.20. The minimum atomic E-state index is 0.651. The number of pyridine rings is 1. The van der Waals surface area contributed by atoms with Crippen molar-refractivity contribution in [1.29, 1.82) is 0 Å². The fourth-order valence-electron chi connectivity index (χ4n) is 1.52. The molecule has 11 heavy (non-hydrogen) atoms. The fraction of sp³-hybridized carbons (Fsp3) is 0.300. The second-order valence-electron chi connectivity index (χ2n) is 2.89. The molecule has 1 aromatic rings. The van der Waals surface area contributed by atoms with E-state index < -0.39 is 0 Å². The van der Waals surface area contributed by atoms with Crippen LogP contribution in [-0.2, 0) is 0 Å². The summed E-state index contributed by atoms with van der Waals surface area (Å²) in [5.41, 5.74) is 1.40. The van der Waals surface area contributed by atoms with E-state index in [1.165, 1.54) is 18.4 Å². The van der Waals surface area contributed by atoms with Gasteiger partial charge in [-0.05, 0) is 30.5 Å². The average Bonchev–Trinajstić information content (AvgIpc) is 2.58. The predicted octanol–water partition coefficient (Wildman–Crippen LogP) is 2.52. The highest BCUT2D eigenvalue weighted by molar-refractivity contribution is 5.23. The fourth-order valence-corrected chi connectivity index (χ4v) is 1.52. The molecular formula is C10H11N. The molecule has 0 aliphatic heterocycles. The molecule has 1 aromatic heterocycles. The summed E-state index contributed by atoms with van der Waals surface area (Å²) < 4.78 is 0. The van der Waals surface area contributed by atoms with Gasteiger partial charge in [-0.2, -0.15) is 0 Å². The maximum absolute atomic E-state index is 3.99.